The maximum absolute atomic E-state index is 13.4. The molecule has 0 radical (unpaired) electrons. The van der Waals surface area contributed by atoms with Gasteiger partial charge in [-0.2, -0.15) is 0 Å². The smallest absolute Gasteiger partial charge is 0.224 e. The summed E-state index contributed by atoms with van der Waals surface area (Å²) in [6.07, 6.45) is 0.916. The van der Waals surface area contributed by atoms with Crippen molar-refractivity contribution >= 4 is 18.0 Å². The highest BCUT2D eigenvalue weighted by Gasteiger charge is 2.19. The van der Waals surface area contributed by atoms with Crippen molar-refractivity contribution in [1.29, 1.82) is 0 Å². The van der Waals surface area contributed by atoms with Gasteiger partial charge in [0.15, 0.2) is 0 Å². The van der Waals surface area contributed by atoms with Crippen molar-refractivity contribution in [2.75, 3.05) is 38.0 Å². The fourth-order valence-electron chi connectivity index (χ4n) is 2.20. The molecule has 2 rings (SSSR count). The summed E-state index contributed by atoms with van der Waals surface area (Å²) >= 11 is 0. The molecule has 0 unspecified atom stereocenters. The molecule has 21 heavy (non-hydrogen) atoms. The van der Waals surface area contributed by atoms with Crippen LogP contribution in [0.5, 0.6) is 0 Å². The summed E-state index contributed by atoms with van der Waals surface area (Å²) in [4.78, 5) is 25.8. The van der Waals surface area contributed by atoms with Crippen LogP contribution in [0.1, 0.15) is 6.42 Å². The van der Waals surface area contributed by atoms with Gasteiger partial charge in [-0.1, -0.05) is 6.07 Å². The van der Waals surface area contributed by atoms with E-state index >= 15 is 0 Å². The topological polar surface area (TPSA) is 52.7 Å². The third-order valence-corrected chi connectivity index (χ3v) is 3.42. The first-order chi connectivity index (χ1) is 10.1. The summed E-state index contributed by atoms with van der Waals surface area (Å²) in [6, 6.07) is 3.60. The van der Waals surface area contributed by atoms with E-state index in [2.05, 4.69) is 5.32 Å². The molecule has 1 heterocycles. The second kappa shape index (κ2) is 7.01. The van der Waals surface area contributed by atoms with Crippen LogP contribution in [0.3, 0.4) is 0 Å². The Labute approximate surface area is 121 Å². The van der Waals surface area contributed by atoms with E-state index in [9.17, 15) is 18.4 Å². The van der Waals surface area contributed by atoms with Crippen LogP contribution < -0.4 is 5.32 Å². The van der Waals surface area contributed by atoms with Crippen molar-refractivity contribution < 1.29 is 18.4 Å². The number of hydrogen-bond donors (Lipinski definition) is 1. The zero-order chi connectivity index (χ0) is 15.2. The maximum Gasteiger partial charge on any atom is 0.224 e. The number of para-hydroxylation sites is 1. The lowest BCUT2D eigenvalue weighted by molar-refractivity contribution is -0.134. The zero-order valence-corrected chi connectivity index (χ0v) is 11.5. The van der Waals surface area contributed by atoms with Gasteiger partial charge >= 0.3 is 0 Å². The number of nitrogens with zero attached hydrogens (tertiary/aromatic N) is 2. The Bertz CT molecular complexity index is 497. The van der Waals surface area contributed by atoms with Gasteiger partial charge in [0, 0.05) is 39.1 Å². The molecule has 1 aliphatic rings. The summed E-state index contributed by atoms with van der Waals surface area (Å²) in [5.41, 5.74) is -0.212. The summed E-state index contributed by atoms with van der Waals surface area (Å²) in [5.74, 6) is -1.45. The number of halogens is 2. The lowest BCUT2D eigenvalue weighted by Gasteiger charge is -2.32. The van der Waals surface area contributed by atoms with E-state index in [1.807, 2.05) is 0 Å². The van der Waals surface area contributed by atoms with Crippen molar-refractivity contribution in [2.24, 2.45) is 0 Å². The number of hydrogen-bond acceptors (Lipinski definition) is 3. The molecule has 0 bridgehead atoms. The Morgan fingerprint density at radius 3 is 2.38 bits per heavy atom. The van der Waals surface area contributed by atoms with E-state index in [4.69, 9.17) is 0 Å². The minimum Gasteiger partial charge on any atom is -0.380 e. The second-order valence-corrected chi connectivity index (χ2v) is 4.80. The van der Waals surface area contributed by atoms with Crippen molar-refractivity contribution in [3.8, 4) is 0 Å². The molecular formula is C14H17F2N3O2. The van der Waals surface area contributed by atoms with Crippen molar-refractivity contribution in [3.63, 3.8) is 0 Å². The minimum atomic E-state index is -0.679. The van der Waals surface area contributed by atoms with Crippen LogP contribution in [0.15, 0.2) is 18.2 Å². The van der Waals surface area contributed by atoms with E-state index in [0.717, 1.165) is 18.5 Å². The molecular weight excluding hydrogens is 280 g/mol. The first kappa shape index (κ1) is 15.2. The minimum absolute atomic E-state index is 0.0928. The van der Waals surface area contributed by atoms with Crippen LogP contribution in [0.25, 0.3) is 0 Å². The first-order valence-corrected chi connectivity index (χ1v) is 6.77. The average Bonchev–Trinajstić information content (AvgIpc) is 2.50. The first-order valence-electron chi connectivity index (χ1n) is 6.77. The molecule has 0 saturated carbocycles. The Kier molecular flexibility index (Phi) is 5.08. The number of anilines is 1. The molecule has 5 nitrogen and oxygen atoms in total. The number of nitrogens with one attached hydrogen (secondary N) is 1. The van der Waals surface area contributed by atoms with Crippen molar-refractivity contribution in [2.45, 2.75) is 6.42 Å². The van der Waals surface area contributed by atoms with Gasteiger partial charge in [-0.3, -0.25) is 9.59 Å². The van der Waals surface area contributed by atoms with Gasteiger partial charge in [-0.25, -0.2) is 8.78 Å². The highest BCUT2D eigenvalue weighted by atomic mass is 19.1. The van der Waals surface area contributed by atoms with Gasteiger partial charge in [-0.05, 0) is 12.1 Å². The fraction of sp³-hybridized carbons (Fsp3) is 0.429. The van der Waals surface area contributed by atoms with Crippen molar-refractivity contribution in [1.82, 2.24) is 9.80 Å². The molecule has 1 saturated heterocycles. The third kappa shape index (κ3) is 3.90. The normalized spacial score (nSPS) is 15.0. The summed E-state index contributed by atoms with van der Waals surface area (Å²) < 4.78 is 26.8. The largest absolute Gasteiger partial charge is 0.380 e. The van der Waals surface area contributed by atoms with E-state index in [-0.39, 0.29) is 24.6 Å². The molecule has 0 aromatic heterocycles. The summed E-state index contributed by atoms with van der Waals surface area (Å²) in [5, 5.41) is 2.61. The van der Waals surface area contributed by atoms with Crippen LogP contribution in [0.2, 0.25) is 0 Å². The Morgan fingerprint density at radius 2 is 1.81 bits per heavy atom. The van der Waals surface area contributed by atoms with Gasteiger partial charge in [0.1, 0.15) is 17.3 Å². The van der Waals surface area contributed by atoms with Crippen LogP contribution in [0, 0.1) is 11.6 Å². The summed E-state index contributed by atoms with van der Waals surface area (Å²) in [6.45, 7) is 2.18. The predicted molar refractivity (Wildman–Crippen MR) is 73.7 cm³/mol. The molecule has 1 fully saturated rings. The third-order valence-electron chi connectivity index (χ3n) is 3.42. The molecule has 7 heteroatoms. The maximum atomic E-state index is 13.4. The molecule has 1 aromatic rings. The van der Waals surface area contributed by atoms with E-state index in [1.54, 1.807) is 9.80 Å². The SMILES string of the molecule is O=CN1CCN(C(=O)CCNc2c(F)cccc2F)CC1. The lowest BCUT2D eigenvalue weighted by atomic mass is 10.2. The lowest BCUT2D eigenvalue weighted by Crippen LogP contribution is -2.48. The highest BCUT2D eigenvalue weighted by Crippen LogP contribution is 2.17. The Morgan fingerprint density at radius 1 is 1.19 bits per heavy atom. The molecule has 0 spiro atoms. The average molecular weight is 297 g/mol. The molecule has 114 valence electrons. The van der Waals surface area contributed by atoms with E-state index < -0.39 is 11.6 Å². The van der Waals surface area contributed by atoms with Gasteiger partial charge < -0.3 is 15.1 Å². The van der Waals surface area contributed by atoms with Gasteiger partial charge in [0.2, 0.25) is 12.3 Å². The van der Waals surface area contributed by atoms with E-state index in [1.165, 1.54) is 6.07 Å². The molecule has 2 amide bonds. The molecule has 0 aliphatic carbocycles. The van der Waals surface area contributed by atoms with Crippen LogP contribution in [-0.2, 0) is 9.59 Å². The number of carbonyl (C=O) groups is 2. The van der Waals surface area contributed by atoms with Crippen LogP contribution in [-0.4, -0.2) is 54.8 Å². The van der Waals surface area contributed by atoms with Gasteiger partial charge in [-0.15, -0.1) is 0 Å². The number of benzene rings is 1. The highest BCUT2D eigenvalue weighted by molar-refractivity contribution is 5.77. The Hall–Kier alpha value is -2.18. The fourth-order valence-corrected chi connectivity index (χ4v) is 2.20. The number of amides is 2. The number of carbonyl (C=O) groups excluding carboxylic acids is 2. The standard InChI is InChI=1S/C14H17F2N3O2/c15-11-2-1-3-12(16)14(11)17-5-4-13(21)19-8-6-18(10-20)7-9-19/h1-3,10,17H,4-9H2. The second-order valence-electron chi connectivity index (χ2n) is 4.80. The van der Waals surface area contributed by atoms with E-state index in [0.29, 0.717) is 26.2 Å². The molecule has 1 aromatic carbocycles. The zero-order valence-electron chi connectivity index (χ0n) is 11.5. The molecule has 0 atom stereocenters. The number of rotatable bonds is 5. The predicted octanol–water partition coefficient (Wildman–Crippen LogP) is 1.07. The quantitative estimate of drug-likeness (QED) is 0.827. The Balaban J connectivity index is 1.78. The van der Waals surface area contributed by atoms with Gasteiger partial charge in [0.05, 0.1) is 0 Å². The molecule has 1 aliphatic heterocycles. The van der Waals surface area contributed by atoms with Gasteiger partial charge in [0.25, 0.3) is 0 Å². The summed E-state index contributed by atoms with van der Waals surface area (Å²) in [7, 11) is 0. The number of piperazine rings is 1. The van der Waals surface area contributed by atoms with Crippen LogP contribution >= 0.6 is 0 Å². The van der Waals surface area contributed by atoms with Crippen LogP contribution in [0.4, 0.5) is 14.5 Å². The monoisotopic (exact) mass is 297 g/mol. The van der Waals surface area contributed by atoms with Crippen molar-refractivity contribution in [3.05, 3.63) is 29.8 Å². The molecule has 1 N–H and O–H groups in total.